The maximum absolute atomic E-state index is 6.65. The van der Waals surface area contributed by atoms with Crippen molar-refractivity contribution < 1.29 is 8.83 Å². The molecule has 4 nitrogen and oxygen atoms in total. The Hall–Kier alpha value is -7.21. The second-order valence-electron chi connectivity index (χ2n) is 15.0. The average molecular weight is 763 g/mol. The minimum Gasteiger partial charge on any atom is -0.456 e. The minimum atomic E-state index is 0.855. The van der Waals surface area contributed by atoms with Gasteiger partial charge in [0.2, 0.25) is 0 Å². The number of aromatic nitrogens is 1. The third-order valence-electron chi connectivity index (χ3n) is 11.6. The van der Waals surface area contributed by atoms with Gasteiger partial charge in [-0.25, -0.2) is 4.98 Å². The summed E-state index contributed by atoms with van der Waals surface area (Å²) in [5.74, 6) is 0. The summed E-state index contributed by atoms with van der Waals surface area (Å²) in [7, 11) is 0. The van der Waals surface area contributed by atoms with Gasteiger partial charge in [-0.3, -0.25) is 0 Å². The van der Waals surface area contributed by atoms with Crippen LogP contribution in [-0.2, 0) is 0 Å². The lowest BCUT2D eigenvalue weighted by Gasteiger charge is -2.28. The van der Waals surface area contributed by atoms with Gasteiger partial charge in [0.05, 0.1) is 21.3 Å². The lowest BCUT2D eigenvalue weighted by atomic mass is 9.97. The lowest BCUT2D eigenvalue weighted by Crippen LogP contribution is -2.32. The van der Waals surface area contributed by atoms with Gasteiger partial charge in [0.1, 0.15) is 21.8 Å². The summed E-state index contributed by atoms with van der Waals surface area (Å²) in [6.07, 6.45) is 4.12. The zero-order valence-electron chi connectivity index (χ0n) is 31.4. The van der Waals surface area contributed by atoms with E-state index in [0.717, 1.165) is 100 Å². The SMILES string of the molecule is C1=c2c(oc3ccccc23)=C(N(c2ccc(-c3ccc4c(c3)oc3ccc5sc(-c6ccccc6)nc5c34)cc2)c2ccc(-c3cccc4ccccc34)cc2)CC1. The fourth-order valence-electron chi connectivity index (χ4n) is 8.83. The predicted molar refractivity (Wildman–Crippen MR) is 242 cm³/mol. The molecule has 11 aromatic rings. The zero-order valence-corrected chi connectivity index (χ0v) is 32.2. The molecule has 12 rings (SSSR count). The Kier molecular flexibility index (Phi) is 7.50. The van der Waals surface area contributed by atoms with E-state index in [0.29, 0.717) is 0 Å². The van der Waals surface area contributed by atoms with Crippen LogP contribution in [0.1, 0.15) is 12.8 Å². The van der Waals surface area contributed by atoms with Gasteiger partial charge >= 0.3 is 0 Å². The molecule has 1 aliphatic carbocycles. The van der Waals surface area contributed by atoms with Gasteiger partial charge in [-0.2, -0.15) is 0 Å². The Morgan fingerprint density at radius 1 is 0.517 bits per heavy atom. The van der Waals surface area contributed by atoms with Crippen molar-refractivity contribution in [2.24, 2.45) is 0 Å². The summed E-state index contributed by atoms with van der Waals surface area (Å²) in [5.41, 5.74) is 13.7. The highest BCUT2D eigenvalue weighted by atomic mass is 32.1. The van der Waals surface area contributed by atoms with E-state index in [2.05, 4.69) is 175 Å². The fraction of sp³-hybridized carbons (Fsp3) is 0.0377. The number of rotatable bonds is 6. The third-order valence-corrected chi connectivity index (χ3v) is 12.7. The van der Waals surface area contributed by atoms with Gasteiger partial charge in [-0.1, -0.05) is 127 Å². The van der Waals surface area contributed by atoms with E-state index in [1.165, 1.54) is 27.1 Å². The van der Waals surface area contributed by atoms with Crippen molar-refractivity contribution in [3.8, 4) is 32.8 Å². The quantitative estimate of drug-likeness (QED) is 0.169. The maximum Gasteiger partial charge on any atom is 0.154 e. The van der Waals surface area contributed by atoms with Crippen LogP contribution in [0.4, 0.5) is 11.4 Å². The van der Waals surface area contributed by atoms with Crippen LogP contribution in [0.5, 0.6) is 0 Å². The summed E-state index contributed by atoms with van der Waals surface area (Å²) in [5, 5.41) is 8.00. The van der Waals surface area contributed by atoms with Gasteiger partial charge in [0.25, 0.3) is 0 Å². The number of thiazole rings is 1. The summed E-state index contributed by atoms with van der Waals surface area (Å²) in [6.45, 7) is 0. The third kappa shape index (κ3) is 5.32. The van der Waals surface area contributed by atoms with Gasteiger partial charge in [-0.15, -0.1) is 11.3 Å². The number of furan rings is 2. The second-order valence-corrected chi connectivity index (χ2v) is 16.0. The standard InChI is InChI=1S/C53H34N2O2S/c1-2-11-36(12-3-1)53-54-51-49(58-53)31-30-47-50(51)44-29-24-37(32-48(44)56-47)33-20-25-38(26-21-33)55(45-18-9-17-43-42-15-6-7-19-46(42)57-52(43)45)39-27-22-35(23-28-39)41-16-8-13-34-10-4-5-14-40(34)41/h1-8,10-17,19-32H,9,18H2. The molecular formula is C53H34N2O2S. The molecule has 274 valence electrons. The molecule has 3 heterocycles. The van der Waals surface area contributed by atoms with Crippen molar-refractivity contribution in [3.05, 3.63) is 187 Å². The monoisotopic (exact) mass is 762 g/mol. The van der Waals surface area contributed by atoms with E-state index in [-0.39, 0.29) is 0 Å². The molecule has 0 fully saturated rings. The molecule has 0 saturated carbocycles. The number of para-hydroxylation sites is 1. The largest absolute Gasteiger partial charge is 0.456 e. The molecule has 58 heavy (non-hydrogen) atoms. The van der Waals surface area contributed by atoms with Crippen LogP contribution < -0.4 is 15.5 Å². The topological polar surface area (TPSA) is 42.4 Å². The van der Waals surface area contributed by atoms with Gasteiger partial charge < -0.3 is 13.7 Å². The Morgan fingerprint density at radius 2 is 1.24 bits per heavy atom. The summed E-state index contributed by atoms with van der Waals surface area (Å²) < 4.78 is 14.3. The Balaban J connectivity index is 0.952. The molecule has 3 aromatic heterocycles. The molecule has 5 heteroatoms. The van der Waals surface area contributed by atoms with E-state index in [9.17, 15) is 0 Å². The van der Waals surface area contributed by atoms with Gasteiger partial charge in [0, 0.05) is 32.9 Å². The average Bonchev–Trinajstić information content (AvgIpc) is 4.01. The smallest absolute Gasteiger partial charge is 0.154 e. The molecule has 0 aliphatic heterocycles. The normalized spacial score (nSPS) is 12.8. The van der Waals surface area contributed by atoms with Crippen molar-refractivity contribution in [2.75, 3.05) is 4.90 Å². The first-order chi connectivity index (χ1) is 28.7. The number of hydrogen-bond acceptors (Lipinski definition) is 5. The molecule has 0 saturated heterocycles. The van der Waals surface area contributed by atoms with E-state index >= 15 is 0 Å². The van der Waals surface area contributed by atoms with E-state index in [1.54, 1.807) is 11.3 Å². The molecule has 0 N–H and O–H groups in total. The molecule has 0 radical (unpaired) electrons. The highest BCUT2D eigenvalue weighted by Crippen LogP contribution is 2.41. The molecule has 0 bridgehead atoms. The first kappa shape index (κ1) is 33.0. The second kappa shape index (κ2) is 13.2. The zero-order chi connectivity index (χ0) is 38.2. The summed E-state index contributed by atoms with van der Waals surface area (Å²) >= 11 is 1.72. The van der Waals surface area contributed by atoms with Crippen molar-refractivity contribution >= 4 is 88.4 Å². The molecule has 0 amide bonds. The van der Waals surface area contributed by atoms with Crippen LogP contribution >= 0.6 is 11.3 Å². The molecule has 1 aliphatic rings. The van der Waals surface area contributed by atoms with E-state index < -0.39 is 0 Å². The molecule has 0 atom stereocenters. The number of hydrogen-bond donors (Lipinski definition) is 0. The molecule has 0 spiro atoms. The van der Waals surface area contributed by atoms with Crippen molar-refractivity contribution in [1.82, 2.24) is 4.98 Å². The predicted octanol–water partition coefficient (Wildman–Crippen LogP) is 13.6. The van der Waals surface area contributed by atoms with Crippen molar-refractivity contribution in [3.63, 3.8) is 0 Å². The van der Waals surface area contributed by atoms with E-state index in [4.69, 9.17) is 13.8 Å². The fourth-order valence-corrected chi connectivity index (χ4v) is 9.81. The first-order valence-electron chi connectivity index (χ1n) is 19.7. The number of nitrogens with zero attached hydrogens (tertiary/aromatic N) is 2. The van der Waals surface area contributed by atoms with Crippen LogP contribution in [-0.4, -0.2) is 4.98 Å². The van der Waals surface area contributed by atoms with E-state index in [1.807, 2.05) is 12.1 Å². The number of benzene rings is 8. The molecular weight excluding hydrogens is 729 g/mol. The number of anilines is 2. The Bertz CT molecular complexity index is 3500. The van der Waals surface area contributed by atoms with Gasteiger partial charge in [0.15, 0.2) is 5.42 Å². The lowest BCUT2D eigenvalue weighted by molar-refractivity contribution is 0.566. The van der Waals surface area contributed by atoms with Crippen molar-refractivity contribution in [2.45, 2.75) is 12.8 Å². The van der Waals surface area contributed by atoms with Crippen LogP contribution in [0.2, 0.25) is 0 Å². The Morgan fingerprint density at radius 3 is 2.09 bits per heavy atom. The van der Waals surface area contributed by atoms with Crippen LogP contribution in [0, 0.1) is 0 Å². The van der Waals surface area contributed by atoms with Crippen LogP contribution in [0.25, 0.3) is 98.5 Å². The van der Waals surface area contributed by atoms with Crippen LogP contribution in [0.3, 0.4) is 0 Å². The van der Waals surface area contributed by atoms with Gasteiger partial charge in [-0.05, 0) is 100 Å². The molecule has 0 unspecified atom stereocenters. The summed E-state index contributed by atoms with van der Waals surface area (Å²) in [4.78, 5) is 7.49. The first-order valence-corrected chi connectivity index (χ1v) is 20.6. The number of fused-ring (bicyclic) bond motifs is 9. The minimum absolute atomic E-state index is 0.855. The summed E-state index contributed by atoms with van der Waals surface area (Å²) in [6, 6.07) is 62.5. The molecule has 8 aromatic carbocycles. The Labute approximate surface area is 337 Å². The highest BCUT2D eigenvalue weighted by molar-refractivity contribution is 7.21. The highest BCUT2D eigenvalue weighted by Gasteiger charge is 2.22. The van der Waals surface area contributed by atoms with Crippen molar-refractivity contribution in [1.29, 1.82) is 0 Å². The maximum atomic E-state index is 6.65. The van der Waals surface area contributed by atoms with Crippen LogP contribution in [0.15, 0.2) is 185 Å².